The molecule has 0 atom stereocenters. The quantitative estimate of drug-likeness (QED) is 0.232. The zero-order chi connectivity index (χ0) is 24.7. The summed E-state index contributed by atoms with van der Waals surface area (Å²) in [5, 5.41) is 15.8. The van der Waals surface area contributed by atoms with E-state index in [9.17, 15) is 31.0 Å². The van der Waals surface area contributed by atoms with Gasteiger partial charge in [-0.3, -0.25) is 9.11 Å². The molecule has 0 bridgehead atoms. The number of aromatic hydroxyl groups is 1. The fourth-order valence-electron chi connectivity index (χ4n) is 3.13. The number of anilines is 4. The lowest BCUT2D eigenvalue weighted by Gasteiger charge is -2.13. The van der Waals surface area contributed by atoms with E-state index in [1.807, 2.05) is 0 Å². The molecule has 0 radical (unpaired) electrons. The molecule has 12 nitrogen and oxygen atoms in total. The highest BCUT2D eigenvalue weighted by atomic mass is 35.5. The van der Waals surface area contributed by atoms with Gasteiger partial charge < -0.3 is 15.7 Å². The number of nitrogens with one attached hydrogen (secondary N) is 2. The second-order valence-corrected chi connectivity index (χ2v) is 9.94. The minimum Gasteiger partial charge on any atom is -0.507 e. The van der Waals surface area contributed by atoms with E-state index in [0.717, 1.165) is 12.1 Å². The number of para-hydroxylation sites is 1. The average molecular weight is 524 g/mol. The normalized spacial score (nSPS) is 12.0. The largest absolute Gasteiger partial charge is 0.507 e. The van der Waals surface area contributed by atoms with E-state index in [2.05, 4.69) is 25.6 Å². The lowest BCUT2D eigenvalue weighted by atomic mass is 10.1. The number of hydrogen-bond donors (Lipinski definition) is 5. The van der Waals surface area contributed by atoms with E-state index < -0.39 is 30.0 Å². The highest BCUT2D eigenvalue weighted by Crippen LogP contribution is 2.35. The van der Waals surface area contributed by atoms with E-state index >= 15 is 0 Å². The van der Waals surface area contributed by atoms with Gasteiger partial charge in [0.05, 0.1) is 16.3 Å². The van der Waals surface area contributed by atoms with Crippen LogP contribution in [-0.2, 0) is 20.2 Å². The maximum atomic E-state index is 11.7. The van der Waals surface area contributed by atoms with E-state index in [4.69, 9.17) is 11.6 Å². The number of fused-ring (bicyclic) bond motifs is 1. The molecule has 4 rings (SSSR count). The summed E-state index contributed by atoms with van der Waals surface area (Å²) in [7, 11) is -9.15. The molecule has 0 spiro atoms. The SMILES string of the molecule is O=S(=O)(O)c1cc(Nc2nc(Cl)nc(Nc3ccccc3S(=O)(=O)O)n2)c2c(O)cccc2c1. The number of phenolic OH excluding ortho intramolecular Hbond substituents is 1. The molecule has 0 amide bonds. The van der Waals surface area contributed by atoms with Crippen LogP contribution in [-0.4, -0.2) is 46.0 Å². The van der Waals surface area contributed by atoms with Gasteiger partial charge >= 0.3 is 0 Å². The Morgan fingerprint density at radius 3 is 2.06 bits per heavy atom. The molecular weight excluding hydrogens is 510 g/mol. The first-order valence-electron chi connectivity index (χ1n) is 9.17. The first-order valence-corrected chi connectivity index (χ1v) is 12.4. The zero-order valence-electron chi connectivity index (χ0n) is 16.7. The van der Waals surface area contributed by atoms with Crippen molar-refractivity contribution in [2.24, 2.45) is 0 Å². The van der Waals surface area contributed by atoms with E-state index in [-0.39, 0.29) is 39.7 Å². The second kappa shape index (κ2) is 8.66. The first-order chi connectivity index (χ1) is 15.9. The molecular formula is C19H14ClN5O7S2. The van der Waals surface area contributed by atoms with Gasteiger partial charge in [0.1, 0.15) is 10.6 Å². The van der Waals surface area contributed by atoms with Crippen molar-refractivity contribution in [1.29, 1.82) is 0 Å². The summed E-state index contributed by atoms with van der Waals surface area (Å²) in [6.45, 7) is 0. The third-order valence-corrected chi connectivity index (χ3v) is 6.40. The molecule has 0 aliphatic heterocycles. The van der Waals surface area contributed by atoms with Crippen LogP contribution >= 0.6 is 11.6 Å². The summed E-state index contributed by atoms with van der Waals surface area (Å²) in [6.07, 6.45) is 0. The summed E-state index contributed by atoms with van der Waals surface area (Å²) < 4.78 is 65.6. The van der Waals surface area contributed by atoms with Gasteiger partial charge in [0, 0.05) is 5.39 Å². The van der Waals surface area contributed by atoms with Crippen LogP contribution in [0.3, 0.4) is 0 Å². The predicted molar refractivity (Wildman–Crippen MR) is 123 cm³/mol. The van der Waals surface area contributed by atoms with Crippen molar-refractivity contribution in [3.05, 3.63) is 59.9 Å². The molecule has 5 N–H and O–H groups in total. The first kappa shape index (κ1) is 23.6. The number of aromatic nitrogens is 3. The molecule has 15 heteroatoms. The molecule has 4 aromatic rings. The van der Waals surface area contributed by atoms with E-state index in [1.165, 1.54) is 42.5 Å². The van der Waals surface area contributed by atoms with Crippen molar-refractivity contribution < 1.29 is 31.0 Å². The highest BCUT2D eigenvalue weighted by Gasteiger charge is 2.18. The third kappa shape index (κ3) is 5.00. The Labute approximate surface area is 197 Å². The Hall–Kier alpha value is -3.56. The minimum absolute atomic E-state index is 0.0229. The fraction of sp³-hybridized carbons (Fsp3) is 0. The zero-order valence-corrected chi connectivity index (χ0v) is 19.1. The van der Waals surface area contributed by atoms with Gasteiger partial charge in [0.2, 0.25) is 17.2 Å². The Morgan fingerprint density at radius 1 is 0.765 bits per heavy atom. The molecule has 3 aromatic carbocycles. The lowest BCUT2D eigenvalue weighted by Crippen LogP contribution is -2.08. The van der Waals surface area contributed by atoms with Gasteiger partial charge in [-0.2, -0.15) is 31.8 Å². The van der Waals surface area contributed by atoms with E-state index in [1.54, 1.807) is 0 Å². The maximum absolute atomic E-state index is 11.7. The molecule has 0 aliphatic rings. The number of phenols is 1. The van der Waals surface area contributed by atoms with Crippen molar-refractivity contribution in [2.75, 3.05) is 10.6 Å². The standard InChI is InChI=1S/C19H14ClN5O7S2/c20-17-23-18(21-12-5-1-2-7-15(12)34(30,31)32)25-19(24-17)22-13-9-11(33(27,28)29)8-10-4-3-6-14(26)16(10)13/h1-9,26H,(H,27,28,29)(H,30,31,32)(H2,21,22,23,24,25). The van der Waals surface area contributed by atoms with Gasteiger partial charge in [0.15, 0.2) is 0 Å². The Morgan fingerprint density at radius 2 is 1.41 bits per heavy atom. The topological polar surface area (TPSA) is 192 Å². The molecule has 0 fully saturated rings. The van der Waals surface area contributed by atoms with Gasteiger partial charge in [-0.1, -0.05) is 24.3 Å². The summed E-state index contributed by atoms with van der Waals surface area (Å²) in [5.74, 6) is -0.607. The molecule has 1 aromatic heterocycles. The van der Waals surface area contributed by atoms with Crippen molar-refractivity contribution in [3.8, 4) is 5.75 Å². The van der Waals surface area contributed by atoms with Crippen LogP contribution < -0.4 is 10.6 Å². The Bertz CT molecular complexity index is 1650. The predicted octanol–water partition coefficient (Wildman–Crippen LogP) is 3.36. The molecule has 34 heavy (non-hydrogen) atoms. The number of rotatable bonds is 6. The Balaban J connectivity index is 1.79. The van der Waals surface area contributed by atoms with Crippen molar-refractivity contribution >= 4 is 65.9 Å². The fourth-order valence-corrected chi connectivity index (χ4v) is 4.48. The molecule has 0 unspecified atom stereocenters. The summed E-state index contributed by atoms with van der Waals surface area (Å²) in [5.41, 5.74) is -0.0236. The smallest absolute Gasteiger partial charge is 0.296 e. The van der Waals surface area contributed by atoms with Crippen LogP contribution in [0.5, 0.6) is 5.75 Å². The minimum atomic E-state index is -4.59. The molecule has 0 saturated carbocycles. The van der Waals surface area contributed by atoms with Gasteiger partial charge in [0.25, 0.3) is 20.2 Å². The Kier molecular flexibility index (Phi) is 6.01. The lowest BCUT2D eigenvalue weighted by molar-refractivity contribution is 0.480. The molecule has 176 valence electrons. The average Bonchev–Trinajstić information content (AvgIpc) is 2.72. The van der Waals surface area contributed by atoms with Crippen LogP contribution in [0.15, 0.2) is 64.4 Å². The highest BCUT2D eigenvalue weighted by molar-refractivity contribution is 7.86. The monoisotopic (exact) mass is 523 g/mol. The van der Waals surface area contributed by atoms with Crippen molar-refractivity contribution in [1.82, 2.24) is 15.0 Å². The van der Waals surface area contributed by atoms with Gasteiger partial charge in [-0.25, -0.2) is 0 Å². The number of halogens is 1. The van der Waals surface area contributed by atoms with Crippen LogP contribution in [0, 0.1) is 0 Å². The summed E-state index contributed by atoms with van der Waals surface area (Å²) in [4.78, 5) is 11.0. The number of benzene rings is 3. The van der Waals surface area contributed by atoms with Crippen LogP contribution in [0.2, 0.25) is 5.28 Å². The molecule has 0 saturated heterocycles. The van der Waals surface area contributed by atoms with Crippen molar-refractivity contribution in [2.45, 2.75) is 9.79 Å². The maximum Gasteiger partial charge on any atom is 0.296 e. The van der Waals surface area contributed by atoms with Gasteiger partial charge in [-0.05, 0) is 47.3 Å². The number of nitrogens with zero attached hydrogens (tertiary/aromatic N) is 3. The molecule has 0 aliphatic carbocycles. The van der Waals surface area contributed by atoms with E-state index in [0.29, 0.717) is 5.39 Å². The van der Waals surface area contributed by atoms with Crippen LogP contribution in [0.4, 0.5) is 23.3 Å². The molecule has 1 heterocycles. The van der Waals surface area contributed by atoms with Crippen LogP contribution in [0.25, 0.3) is 10.8 Å². The van der Waals surface area contributed by atoms with Crippen LogP contribution in [0.1, 0.15) is 0 Å². The second-order valence-electron chi connectivity index (χ2n) is 6.79. The summed E-state index contributed by atoms with van der Waals surface area (Å²) >= 11 is 5.97. The van der Waals surface area contributed by atoms with Gasteiger partial charge in [-0.15, -0.1) is 0 Å². The summed E-state index contributed by atoms with van der Waals surface area (Å²) in [6, 6.07) is 12.1. The third-order valence-electron chi connectivity index (χ3n) is 4.49. The van der Waals surface area contributed by atoms with Crippen molar-refractivity contribution in [3.63, 3.8) is 0 Å². The number of hydrogen-bond acceptors (Lipinski definition) is 10.